The van der Waals surface area contributed by atoms with E-state index in [2.05, 4.69) is 50.3 Å². The van der Waals surface area contributed by atoms with Crippen molar-refractivity contribution in [3.63, 3.8) is 0 Å². The first-order valence-corrected chi connectivity index (χ1v) is 6.36. The molecule has 0 N–H and O–H groups in total. The highest BCUT2D eigenvalue weighted by Crippen LogP contribution is 2.18. The quantitative estimate of drug-likeness (QED) is 0.510. The van der Waals surface area contributed by atoms with Crippen LogP contribution in [0.5, 0.6) is 0 Å². The molecule has 0 saturated heterocycles. The van der Waals surface area contributed by atoms with Gasteiger partial charge in [-0.3, -0.25) is 0 Å². The molecule has 0 bridgehead atoms. The summed E-state index contributed by atoms with van der Waals surface area (Å²) in [5.41, 5.74) is 1.33. The summed E-state index contributed by atoms with van der Waals surface area (Å²) in [6.45, 7) is 4.36. The van der Waals surface area contributed by atoms with Gasteiger partial charge < -0.3 is 4.79 Å². The third kappa shape index (κ3) is 5.48. The molecule has 1 aromatic carbocycles. The number of allylic oxidation sites excluding steroid dienone is 2. The molecule has 0 aliphatic rings. The second-order valence-electron chi connectivity index (χ2n) is 4.80. The number of carbonyl (C=O) groups is 1. The van der Waals surface area contributed by atoms with Crippen LogP contribution in [0.2, 0.25) is 0 Å². The maximum absolute atomic E-state index is 10.5. The Morgan fingerprint density at radius 3 is 2.35 bits per heavy atom. The minimum atomic E-state index is 0.486. The maximum Gasteiger partial charge on any atom is 0.120 e. The molecule has 0 heterocycles. The van der Waals surface area contributed by atoms with Crippen LogP contribution in [0.3, 0.4) is 0 Å². The lowest BCUT2D eigenvalue weighted by Gasteiger charge is -2.15. The van der Waals surface area contributed by atoms with Crippen molar-refractivity contribution in [2.24, 2.45) is 11.8 Å². The fourth-order valence-electron chi connectivity index (χ4n) is 1.87. The Labute approximate surface area is 105 Å². The van der Waals surface area contributed by atoms with Crippen LogP contribution in [-0.4, -0.2) is 6.29 Å². The first-order chi connectivity index (χ1) is 8.24. The monoisotopic (exact) mass is 230 g/mol. The zero-order valence-electron chi connectivity index (χ0n) is 10.8. The summed E-state index contributed by atoms with van der Waals surface area (Å²) in [5, 5.41) is 0. The molecule has 0 amide bonds. The van der Waals surface area contributed by atoms with Gasteiger partial charge in [-0.15, -0.1) is 0 Å². The Balaban J connectivity index is 2.36. The van der Waals surface area contributed by atoms with E-state index in [1.165, 1.54) is 5.56 Å². The predicted molar refractivity (Wildman–Crippen MR) is 72.9 cm³/mol. The molecule has 0 aliphatic carbocycles. The fourth-order valence-corrected chi connectivity index (χ4v) is 1.87. The van der Waals surface area contributed by atoms with Crippen LogP contribution in [0.15, 0.2) is 42.5 Å². The highest BCUT2D eigenvalue weighted by Gasteiger charge is 2.10. The molecule has 0 aliphatic heterocycles. The molecule has 0 saturated carbocycles. The summed E-state index contributed by atoms with van der Waals surface area (Å²) in [7, 11) is 0. The van der Waals surface area contributed by atoms with E-state index in [9.17, 15) is 4.79 Å². The van der Waals surface area contributed by atoms with Gasteiger partial charge in [0, 0.05) is 6.42 Å². The first kappa shape index (κ1) is 13.7. The average Bonchev–Trinajstić information content (AvgIpc) is 2.34. The van der Waals surface area contributed by atoms with Gasteiger partial charge in [-0.1, -0.05) is 56.3 Å². The number of hydrogen-bond donors (Lipinski definition) is 0. The molecule has 0 fully saturated rings. The van der Waals surface area contributed by atoms with E-state index in [-0.39, 0.29) is 0 Å². The zero-order valence-corrected chi connectivity index (χ0v) is 10.8. The lowest BCUT2D eigenvalue weighted by molar-refractivity contribution is -0.108. The van der Waals surface area contributed by atoms with Gasteiger partial charge in [-0.05, 0) is 30.2 Å². The molecule has 0 unspecified atom stereocenters. The molecule has 92 valence electrons. The minimum absolute atomic E-state index is 0.486. The van der Waals surface area contributed by atoms with Crippen LogP contribution >= 0.6 is 0 Å². The standard InChI is InChI=1S/C16H22O/c1-14(2)16(12-13-17)11-7-6-10-15-8-4-3-5-9-15/h3-9,13-14,16H,10-12H2,1-2H3/b7-6-/t16-/m0/s1. The number of carbonyl (C=O) groups excluding carboxylic acids is 1. The third-order valence-corrected chi connectivity index (χ3v) is 3.14. The van der Waals surface area contributed by atoms with Crippen molar-refractivity contribution >= 4 is 6.29 Å². The van der Waals surface area contributed by atoms with Gasteiger partial charge in [0.2, 0.25) is 0 Å². The summed E-state index contributed by atoms with van der Waals surface area (Å²) in [6, 6.07) is 10.4. The van der Waals surface area contributed by atoms with Crippen molar-refractivity contribution in [1.82, 2.24) is 0 Å². The first-order valence-electron chi connectivity index (χ1n) is 6.36. The van der Waals surface area contributed by atoms with Gasteiger partial charge in [0.1, 0.15) is 6.29 Å². The summed E-state index contributed by atoms with van der Waals surface area (Å²) in [5.74, 6) is 1.06. The van der Waals surface area contributed by atoms with E-state index < -0.39 is 0 Å². The molecular weight excluding hydrogens is 208 g/mol. The minimum Gasteiger partial charge on any atom is -0.303 e. The zero-order chi connectivity index (χ0) is 12.5. The van der Waals surface area contributed by atoms with Crippen molar-refractivity contribution in [2.45, 2.75) is 33.1 Å². The SMILES string of the molecule is CC(C)[C@H](CC=O)C/C=C\Cc1ccccc1. The van der Waals surface area contributed by atoms with E-state index in [1.807, 2.05) is 6.07 Å². The Morgan fingerprint density at radius 1 is 1.06 bits per heavy atom. The second-order valence-corrected chi connectivity index (χ2v) is 4.80. The molecule has 0 aromatic heterocycles. The highest BCUT2D eigenvalue weighted by atomic mass is 16.1. The molecule has 1 rings (SSSR count). The lowest BCUT2D eigenvalue weighted by Crippen LogP contribution is -2.08. The highest BCUT2D eigenvalue weighted by molar-refractivity contribution is 5.49. The van der Waals surface area contributed by atoms with E-state index >= 15 is 0 Å². The van der Waals surface area contributed by atoms with Crippen LogP contribution in [0.25, 0.3) is 0 Å². The van der Waals surface area contributed by atoms with Crippen LogP contribution in [0, 0.1) is 11.8 Å². The molecule has 1 nitrogen and oxygen atoms in total. The van der Waals surface area contributed by atoms with Crippen LogP contribution in [0.4, 0.5) is 0 Å². The smallest absolute Gasteiger partial charge is 0.120 e. The normalized spacial score (nSPS) is 13.1. The molecule has 1 heteroatoms. The van der Waals surface area contributed by atoms with Crippen molar-refractivity contribution in [1.29, 1.82) is 0 Å². The lowest BCUT2D eigenvalue weighted by atomic mass is 9.90. The molecule has 0 radical (unpaired) electrons. The van der Waals surface area contributed by atoms with Gasteiger partial charge in [0.15, 0.2) is 0 Å². The second kappa shape index (κ2) is 7.83. The van der Waals surface area contributed by atoms with Crippen molar-refractivity contribution in [2.75, 3.05) is 0 Å². The molecule has 1 atom stereocenters. The van der Waals surface area contributed by atoms with E-state index in [0.717, 1.165) is 19.1 Å². The molecular formula is C16H22O. The molecule has 1 aromatic rings. The number of aldehydes is 1. The van der Waals surface area contributed by atoms with Gasteiger partial charge in [0.05, 0.1) is 0 Å². The van der Waals surface area contributed by atoms with Crippen molar-refractivity contribution in [3.8, 4) is 0 Å². The van der Waals surface area contributed by atoms with E-state index in [4.69, 9.17) is 0 Å². The Bertz CT molecular complexity index is 338. The van der Waals surface area contributed by atoms with Gasteiger partial charge in [-0.25, -0.2) is 0 Å². The van der Waals surface area contributed by atoms with E-state index in [0.29, 0.717) is 18.3 Å². The predicted octanol–water partition coefficient (Wildman–Crippen LogP) is 4.04. The summed E-state index contributed by atoms with van der Waals surface area (Å²) < 4.78 is 0. The van der Waals surface area contributed by atoms with Crippen molar-refractivity contribution < 1.29 is 4.79 Å². The fraction of sp³-hybridized carbons (Fsp3) is 0.438. The van der Waals surface area contributed by atoms with Crippen LogP contribution in [0.1, 0.15) is 32.3 Å². The maximum atomic E-state index is 10.5. The van der Waals surface area contributed by atoms with Gasteiger partial charge in [-0.2, -0.15) is 0 Å². The van der Waals surface area contributed by atoms with Crippen LogP contribution in [-0.2, 0) is 11.2 Å². The van der Waals surface area contributed by atoms with Gasteiger partial charge >= 0.3 is 0 Å². The number of hydrogen-bond acceptors (Lipinski definition) is 1. The number of rotatable bonds is 7. The summed E-state index contributed by atoms with van der Waals surface area (Å²) in [4.78, 5) is 10.5. The average molecular weight is 230 g/mol. The van der Waals surface area contributed by atoms with Crippen LogP contribution < -0.4 is 0 Å². The van der Waals surface area contributed by atoms with E-state index in [1.54, 1.807) is 0 Å². The largest absolute Gasteiger partial charge is 0.303 e. The molecule has 17 heavy (non-hydrogen) atoms. The summed E-state index contributed by atoms with van der Waals surface area (Å²) in [6.07, 6.45) is 8.11. The van der Waals surface area contributed by atoms with Crippen molar-refractivity contribution in [3.05, 3.63) is 48.0 Å². The topological polar surface area (TPSA) is 17.1 Å². The Kier molecular flexibility index (Phi) is 6.31. The summed E-state index contributed by atoms with van der Waals surface area (Å²) >= 11 is 0. The van der Waals surface area contributed by atoms with Gasteiger partial charge in [0.25, 0.3) is 0 Å². The third-order valence-electron chi connectivity index (χ3n) is 3.14. The molecule has 0 spiro atoms. The Hall–Kier alpha value is -1.37. The Morgan fingerprint density at radius 2 is 1.76 bits per heavy atom. The number of benzene rings is 1.